The molecule has 0 unspecified atom stereocenters. The Morgan fingerprint density at radius 1 is 1.04 bits per heavy atom. The Morgan fingerprint density at radius 2 is 1.75 bits per heavy atom. The highest BCUT2D eigenvalue weighted by Gasteiger charge is 2.50. The Balaban J connectivity index is 1.70. The molecule has 0 radical (unpaired) electrons. The third-order valence-corrected chi connectivity index (χ3v) is 5.26. The van der Waals surface area contributed by atoms with Crippen molar-refractivity contribution in [2.45, 2.75) is 18.6 Å². The second kappa shape index (κ2) is 7.19. The highest BCUT2D eigenvalue weighted by Crippen LogP contribution is 2.43. The van der Waals surface area contributed by atoms with Crippen LogP contribution in [0.2, 0.25) is 5.02 Å². The maximum atomic E-state index is 13.2. The molecule has 0 saturated heterocycles. The van der Waals surface area contributed by atoms with Crippen molar-refractivity contribution >= 4 is 29.0 Å². The van der Waals surface area contributed by atoms with Crippen molar-refractivity contribution in [3.05, 3.63) is 94.8 Å². The van der Waals surface area contributed by atoms with Crippen molar-refractivity contribution in [3.8, 4) is 0 Å². The van der Waals surface area contributed by atoms with Crippen molar-refractivity contribution in [3.63, 3.8) is 0 Å². The van der Waals surface area contributed by atoms with Crippen LogP contribution in [0.25, 0.3) is 0 Å². The lowest BCUT2D eigenvalue weighted by atomic mass is 9.89. The fourth-order valence-corrected chi connectivity index (χ4v) is 3.68. The van der Waals surface area contributed by atoms with Crippen molar-refractivity contribution in [1.29, 1.82) is 0 Å². The van der Waals surface area contributed by atoms with Gasteiger partial charge in [-0.25, -0.2) is 0 Å². The monoisotopic (exact) mass is 392 g/mol. The Morgan fingerprint density at radius 3 is 2.50 bits per heavy atom. The number of benzene rings is 2. The van der Waals surface area contributed by atoms with Crippen LogP contribution in [0.3, 0.4) is 0 Å². The number of carbonyl (C=O) groups is 2. The lowest BCUT2D eigenvalue weighted by molar-refractivity contribution is -0.136. The minimum Gasteiger partial charge on any atom is -0.375 e. The van der Waals surface area contributed by atoms with Gasteiger partial charge in [-0.3, -0.25) is 14.6 Å². The van der Waals surface area contributed by atoms with Gasteiger partial charge in [0.2, 0.25) is 0 Å². The van der Waals surface area contributed by atoms with Crippen LogP contribution in [-0.4, -0.2) is 21.8 Å². The molecule has 4 rings (SSSR count). The first-order chi connectivity index (χ1) is 13.5. The predicted octanol–water partition coefficient (Wildman–Crippen LogP) is 3.74. The minimum atomic E-state index is -1.94. The molecule has 1 amide bonds. The molecule has 1 aliphatic rings. The number of fused-ring (bicyclic) bond motifs is 1. The fraction of sp³-hybridized carbons (Fsp3) is 0.136. The summed E-state index contributed by atoms with van der Waals surface area (Å²) in [4.78, 5) is 31.4. The van der Waals surface area contributed by atoms with Crippen molar-refractivity contribution in [1.82, 2.24) is 4.98 Å². The number of rotatable bonds is 5. The molecule has 140 valence electrons. The molecule has 1 aliphatic heterocycles. The molecule has 1 aromatic heterocycles. The average Bonchev–Trinajstić information content (AvgIpc) is 2.92. The maximum Gasteiger partial charge on any atom is 0.264 e. The van der Waals surface area contributed by atoms with Gasteiger partial charge in [-0.05, 0) is 29.8 Å². The number of aromatic nitrogens is 1. The smallest absolute Gasteiger partial charge is 0.264 e. The number of Topliss-reactive ketones (excluding diaryl/α,β-unsaturated/α-hetero) is 1. The molecule has 3 aromatic rings. The summed E-state index contributed by atoms with van der Waals surface area (Å²) in [5.41, 5.74) is 0.0189. The molecule has 1 atom stereocenters. The summed E-state index contributed by atoms with van der Waals surface area (Å²) < 4.78 is 0. The standard InChI is InChI=1S/C22H17ClN2O3/c23-17-9-3-1-7-15(17)14-25-19-11-4-2-8-16(19)22(28,21(25)27)13-20(26)18-10-5-6-12-24-18/h1-12,28H,13-14H2/t22-/m0/s1. The van der Waals surface area contributed by atoms with Gasteiger partial charge in [-0.15, -0.1) is 0 Å². The molecular formula is C22H17ClN2O3. The van der Waals surface area contributed by atoms with Crippen molar-refractivity contribution in [2.24, 2.45) is 0 Å². The van der Waals surface area contributed by atoms with E-state index in [0.29, 0.717) is 16.3 Å². The van der Waals surface area contributed by atoms with Gasteiger partial charge in [0.25, 0.3) is 5.91 Å². The molecule has 5 nitrogen and oxygen atoms in total. The number of nitrogens with zero attached hydrogens (tertiary/aromatic N) is 2. The number of halogens is 1. The summed E-state index contributed by atoms with van der Waals surface area (Å²) in [5, 5.41) is 11.8. The normalized spacial score (nSPS) is 18.2. The van der Waals surface area contributed by atoms with Crippen LogP contribution < -0.4 is 4.90 Å². The van der Waals surface area contributed by atoms with Gasteiger partial charge in [0.05, 0.1) is 18.7 Å². The molecule has 6 heteroatoms. The zero-order valence-electron chi connectivity index (χ0n) is 14.9. The van der Waals surface area contributed by atoms with Crippen LogP contribution in [0.15, 0.2) is 72.9 Å². The Hall–Kier alpha value is -3.02. The van der Waals surface area contributed by atoms with Crippen molar-refractivity contribution < 1.29 is 14.7 Å². The van der Waals surface area contributed by atoms with Crippen LogP contribution in [0, 0.1) is 0 Å². The van der Waals surface area contributed by atoms with Gasteiger partial charge in [0.1, 0.15) is 5.69 Å². The second-order valence-corrected chi connectivity index (χ2v) is 7.08. The SMILES string of the molecule is O=C(C[C@@]1(O)C(=O)N(Cc2ccccc2Cl)c2ccccc21)c1ccccn1. The van der Waals surface area contributed by atoms with Crippen LogP contribution in [-0.2, 0) is 16.9 Å². The van der Waals surface area contributed by atoms with E-state index >= 15 is 0 Å². The first kappa shape index (κ1) is 18.3. The van der Waals surface area contributed by atoms with Gasteiger partial charge in [-0.1, -0.05) is 54.1 Å². The third kappa shape index (κ3) is 3.09. The summed E-state index contributed by atoms with van der Waals surface area (Å²) in [7, 11) is 0. The summed E-state index contributed by atoms with van der Waals surface area (Å²) in [6, 6.07) is 19.1. The van der Waals surface area contributed by atoms with E-state index in [9.17, 15) is 14.7 Å². The number of ketones is 1. The Labute approximate surface area is 167 Å². The van der Waals surface area contributed by atoms with Crippen molar-refractivity contribution in [2.75, 3.05) is 4.90 Å². The summed E-state index contributed by atoms with van der Waals surface area (Å²) >= 11 is 6.25. The molecule has 2 heterocycles. The van der Waals surface area contributed by atoms with Crippen LogP contribution in [0.1, 0.15) is 28.0 Å². The number of hydrogen-bond donors (Lipinski definition) is 1. The molecular weight excluding hydrogens is 376 g/mol. The quantitative estimate of drug-likeness (QED) is 0.671. The first-order valence-electron chi connectivity index (χ1n) is 8.82. The summed E-state index contributed by atoms with van der Waals surface area (Å²) in [6.07, 6.45) is 1.13. The van der Waals surface area contributed by atoms with E-state index in [-0.39, 0.29) is 18.7 Å². The lowest BCUT2D eigenvalue weighted by Gasteiger charge is -2.23. The van der Waals surface area contributed by atoms with E-state index in [1.54, 1.807) is 48.5 Å². The number of amides is 1. The zero-order valence-corrected chi connectivity index (χ0v) is 15.6. The highest BCUT2D eigenvalue weighted by atomic mass is 35.5. The van der Waals surface area contributed by atoms with Gasteiger partial charge >= 0.3 is 0 Å². The number of aliphatic hydroxyl groups is 1. The Kier molecular flexibility index (Phi) is 4.71. The number of para-hydroxylation sites is 1. The van der Waals surface area contributed by atoms with E-state index in [1.165, 1.54) is 11.1 Å². The number of anilines is 1. The van der Waals surface area contributed by atoms with Gasteiger partial charge in [0.15, 0.2) is 11.4 Å². The topological polar surface area (TPSA) is 70.5 Å². The molecule has 1 N–H and O–H groups in total. The average molecular weight is 393 g/mol. The lowest BCUT2D eigenvalue weighted by Crippen LogP contribution is -2.41. The predicted molar refractivity (Wildman–Crippen MR) is 106 cm³/mol. The maximum absolute atomic E-state index is 13.2. The van der Waals surface area contributed by atoms with Crippen LogP contribution in [0.4, 0.5) is 5.69 Å². The van der Waals surface area contributed by atoms with E-state index < -0.39 is 17.3 Å². The summed E-state index contributed by atoms with van der Waals surface area (Å²) in [6.45, 7) is 0.204. The minimum absolute atomic E-state index is 0.204. The third-order valence-electron chi connectivity index (χ3n) is 4.89. The van der Waals surface area contributed by atoms with Crippen LogP contribution in [0.5, 0.6) is 0 Å². The zero-order chi connectivity index (χ0) is 19.7. The highest BCUT2D eigenvalue weighted by molar-refractivity contribution is 6.31. The molecule has 2 aromatic carbocycles. The van der Waals surface area contributed by atoms with Gasteiger partial charge in [-0.2, -0.15) is 0 Å². The van der Waals surface area contributed by atoms with Crippen LogP contribution >= 0.6 is 11.6 Å². The van der Waals surface area contributed by atoms with E-state index in [2.05, 4.69) is 4.98 Å². The molecule has 28 heavy (non-hydrogen) atoms. The van der Waals surface area contributed by atoms with Gasteiger partial charge in [0, 0.05) is 16.8 Å². The molecule has 0 aliphatic carbocycles. The molecule has 0 fully saturated rings. The fourth-order valence-electron chi connectivity index (χ4n) is 3.48. The van der Waals surface area contributed by atoms with E-state index in [0.717, 1.165) is 5.56 Å². The second-order valence-electron chi connectivity index (χ2n) is 6.68. The molecule has 0 bridgehead atoms. The summed E-state index contributed by atoms with van der Waals surface area (Å²) in [5.74, 6) is -0.941. The van der Waals surface area contributed by atoms with Gasteiger partial charge < -0.3 is 10.0 Å². The number of pyridine rings is 1. The van der Waals surface area contributed by atoms with E-state index in [1.807, 2.05) is 18.2 Å². The number of hydrogen-bond acceptors (Lipinski definition) is 4. The first-order valence-corrected chi connectivity index (χ1v) is 9.20. The largest absolute Gasteiger partial charge is 0.375 e. The number of carbonyl (C=O) groups excluding carboxylic acids is 2. The van der Waals surface area contributed by atoms with E-state index in [4.69, 9.17) is 11.6 Å². The molecule has 0 spiro atoms. The Bertz CT molecular complexity index is 1050. The molecule has 0 saturated carbocycles.